The van der Waals surface area contributed by atoms with Crippen LogP contribution in [0.15, 0.2) is 55.0 Å². The van der Waals surface area contributed by atoms with E-state index in [0.29, 0.717) is 28.5 Å². The summed E-state index contributed by atoms with van der Waals surface area (Å²) in [6, 6.07) is 8.64. The van der Waals surface area contributed by atoms with Crippen molar-refractivity contribution in [2.75, 3.05) is 5.32 Å². The number of hydrogen-bond donors (Lipinski definition) is 1. The van der Waals surface area contributed by atoms with Gasteiger partial charge in [-0.15, -0.1) is 0 Å². The van der Waals surface area contributed by atoms with Crippen LogP contribution in [0.1, 0.15) is 27.2 Å². The molecule has 4 rings (SSSR count). The van der Waals surface area contributed by atoms with Crippen molar-refractivity contribution in [1.82, 2.24) is 24.5 Å². The Labute approximate surface area is 171 Å². The van der Waals surface area contributed by atoms with Crippen LogP contribution in [0.4, 0.5) is 14.6 Å². The van der Waals surface area contributed by atoms with Crippen molar-refractivity contribution in [3.63, 3.8) is 0 Å². The number of pyridine rings is 1. The molecule has 30 heavy (non-hydrogen) atoms. The van der Waals surface area contributed by atoms with Crippen LogP contribution in [0.2, 0.25) is 0 Å². The summed E-state index contributed by atoms with van der Waals surface area (Å²) < 4.78 is 30.5. The van der Waals surface area contributed by atoms with Gasteiger partial charge in [0, 0.05) is 17.3 Å². The van der Waals surface area contributed by atoms with E-state index in [-0.39, 0.29) is 18.0 Å². The van der Waals surface area contributed by atoms with Gasteiger partial charge in [-0.1, -0.05) is 6.07 Å². The van der Waals surface area contributed by atoms with E-state index >= 15 is 0 Å². The first-order chi connectivity index (χ1) is 14.4. The second-order valence-electron chi connectivity index (χ2n) is 6.77. The summed E-state index contributed by atoms with van der Waals surface area (Å²) in [7, 11) is 0. The summed E-state index contributed by atoms with van der Waals surface area (Å²) in [5.41, 5.74) is 1.80. The zero-order chi connectivity index (χ0) is 21.3. The summed E-state index contributed by atoms with van der Waals surface area (Å²) in [6.07, 6.45) is 4.66. The van der Waals surface area contributed by atoms with Gasteiger partial charge in [-0.2, -0.15) is 10.2 Å². The molecule has 1 N–H and O–H groups in total. The van der Waals surface area contributed by atoms with Gasteiger partial charge in [-0.05, 0) is 44.2 Å². The Balaban J connectivity index is 1.60. The third-order valence-corrected chi connectivity index (χ3v) is 4.70. The summed E-state index contributed by atoms with van der Waals surface area (Å²) in [5.74, 6) is -0.488. The largest absolute Gasteiger partial charge is 0.306 e. The smallest absolute Gasteiger partial charge is 0.260 e. The van der Waals surface area contributed by atoms with Gasteiger partial charge in [0.05, 0.1) is 30.2 Å². The number of aromatic nitrogens is 5. The highest BCUT2D eigenvalue weighted by Gasteiger charge is 2.19. The minimum absolute atomic E-state index is 0.0285. The molecule has 3 heterocycles. The molecule has 4 aromatic rings. The number of carbonyl (C=O) groups excluding carboxylic acids is 1. The molecule has 0 radical (unpaired) electrons. The van der Waals surface area contributed by atoms with Crippen LogP contribution in [0.25, 0.3) is 5.82 Å². The van der Waals surface area contributed by atoms with Crippen molar-refractivity contribution in [1.29, 1.82) is 0 Å². The number of aryl methyl sites for hydroxylation is 1. The van der Waals surface area contributed by atoms with Gasteiger partial charge in [-0.3, -0.25) is 4.79 Å². The minimum atomic E-state index is -0.547. The van der Waals surface area contributed by atoms with E-state index in [1.54, 1.807) is 43.1 Å². The van der Waals surface area contributed by atoms with E-state index in [0.717, 1.165) is 18.2 Å². The Bertz CT molecular complexity index is 1220. The second-order valence-corrected chi connectivity index (χ2v) is 6.77. The number of rotatable bonds is 5. The molecule has 0 atom stereocenters. The van der Waals surface area contributed by atoms with Crippen LogP contribution in [0.5, 0.6) is 0 Å². The van der Waals surface area contributed by atoms with Crippen LogP contribution < -0.4 is 5.32 Å². The molecule has 0 aliphatic carbocycles. The lowest BCUT2D eigenvalue weighted by atomic mass is 10.2. The van der Waals surface area contributed by atoms with Crippen LogP contribution in [-0.2, 0) is 6.54 Å². The monoisotopic (exact) mass is 408 g/mol. The van der Waals surface area contributed by atoms with Crippen LogP contribution >= 0.6 is 0 Å². The summed E-state index contributed by atoms with van der Waals surface area (Å²) in [6.45, 7) is 3.51. The molecular formula is C21H18F2N6O. The van der Waals surface area contributed by atoms with Crippen molar-refractivity contribution in [2.24, 2.45) is 0 Å². The zero-order valence-electron chi connectivity index (χ0n) is 16.3. The molecule has 3 aromatic heterocycles. The first-order valence-electron chi connectivity index (χ1n) is 9.17. The van der Waals surface area contributed by atoms with E-state index in [1.807, 2.05) is 6.07 Å². The maximum Gasteiger partial charge on any atom is 0.260 e. The minimum Gasteiger partial charge on any atom is -0.306 e. The quantitative estimate of drug-likeness (QED) is 0.547. The fraction of sp³-hybridized carbons (Fsp3) is 0.143. The molecule has 152 valence electrons. The summed E-state index contributed by atoms with van der Waals surface area (Å²) in [4.78, 5) is 17.1. The molecule has 0 aliphatic heterocycles. The van der Waals surface area contributed by atoms with Gasteiger partial charge in [-0.25, -0.2) is 23.1 Å². The van der Waals surface area contributed by atoms with E-state index < -0.39 is 11.6 Å². The molecule has 0 fully saturated rings. The summed E-state index contributed by atoms with van der Waals surface area (Å²) in [5, 5.41) is 11.2. The first kappa shape index (κ1) is 19.4. The van der Waals surface area contributed by atoms with Crippen LogP contribution in [0, 0.1) is 25.5 Å². The highest BCUT2D eigenvalue weighted by atomic mass is 19.1. The summed E-state index contributed by atoms with van der Waals surface area (Å²) >= 11 is 0. The SMILES string of the molecule is Cc1cnn(Cc2cc(F)ccc2F)c1NC(=O)c1cnn(-c2ccccn2)c1C. The van der Waals surface area contributed by atoms with Crippen molar-refractivity contribution < 1.29 is 13.6 Å². The predicted molar refractivity (Wildman–Crippen MR) is 106 cm³/mol. The molecule has 1 amide bonds. The van der Waals surface area contributed by atoms with E-state index in [9.17, 15) is 13.6 Å². The van der Waals surface area contributed by atoms with Gasteiger partial charge in [0.2, 0.25) is 0 Å². The van der Waals surface area contributed by atoms with E-state index in [2.05, 4.69) is 20.5 Å². The van der Waals surface area contributed by atoms with E-state index in [1.165, 1.54) is 10.9 Å². The first-order valence-corrected chi connectivity index (χ1v) is 9.17. The standard InChI is InChI=1S/C21H18F2N6O/c1-13-10-25-28(12-15-9-16(22)6-7-18(15)23)20(13)27-21(30)17-11-26-29(14(17)2)19-5-3-4-8-24-19/h3-11H,12H2,1-2H3,(H,27,30). The zero-order valence-corrected chi connectivity index (χ0v) is 16.3. The third kappa shape index (κ3) is 3.69. The molecule has 9 heteroatoms. The maximum atomic E-state index is 14.0. The number of amides is 1. The van der Waals surface area contributed by atoms with Crippen molar-refractivity contribution in [2.45, 2.75) is 20.4 Å². The molecule has 7 nitrogen and oxygen atoms in total. The van der Waals surface area contributed by atoms with Crippen molar-refractivity contribution in [3.8, 4) is 5.82 Å². The van der Waals surface area contributed by atoms with Gasteiger partial charge in [0.1, 0.15) is 17.5 Å². The number of nitrogens with one attached hydrogen (secondary N) is 1. The fourth-order valence-electron chi connectivity index (χ4n) is 3.10. The predicted octanol–water partition coefficient (Wildman–Crippen LogP) is 3.66. The Morgan fingerprint density at radius 1 is 1.10 bits per heavy atom. The molecule has 0 saturated carbocycles. The average molecular weight is 408 g/mol. The lowest BCUT2D eigenvalue weighted by Gasteiger charge is -2.11. The van der Waals surface area contributed by atoms with Crippen molar-refractivity contribution in [3.05, 3.63) is 89.0 Å². The lowest BCUT2D eigenvalue weighted by Crippen LogP contribution is -2.18. The molecule has 0 saturated heterocycles. The molecule has 1 aromatic carbocycles. The van der Waals surface area contributed by atoms with Crippen molar-refractivity contribution >= 4 is 11.7 Å². The number of hydrogen-bond acceptors (Lipinski definition) is 4. The number of halogens is 2. The average Bonchev–Trinajstić information content (AvgIpc) is 3.29. The Kier molecular flexibility index (Phi) is 5.09. The van der Waals surface area contributed by atoms with Gasteiger partial charge >= 0.3 is 0 Å². The molecule has 0 unspecified atom stereocenters. The van der Waals surface area contributed by atoms with Gasteiger partial charge in [0.25, 0.3) is 5.91 Å². The highest BCUT2D eigenvalue weighted by molar-refractivity contribution is 6.04. The number of anilines is 1. The number of nitrogens with zero attached hydrogens (tertiary/aromatic N) is 5. The maximum absolute atomic E-state index is 14.0. The van der Waals surface area contributed by atoms with Gasteiger partial charge in [0.15, 0.2) is 5.82 Å². The Morgan fingerprint density at radius 2 is 1.93 bits per heavy atom. The van der Waals surface area contributed by atoms with Crippen LogP contribution in [-0.4, -0.2) is 30.5 Å². The fourth-order valence-corrected chi connectivity index (χ4v) is 3.10. The van der Waals surface area contributed by atoms with Crippen LogP contribution in [0.3, 0.4) is 0 Å². The Hall–Kier alpha value is -3.88. The molecular weight excluding hydrogens is 390 g/mol. The van der Waals surface area contributed by atoms with E-state index in [4.69, 9.17) is 0 Å². The molecule has 0 aliphatic rings. The molecule has 0 spiro atoms. The normalized spacial score (nSPS) is 10.9. The number of benzene rings is 1. The topological polar surface area (TPSA) is 77.6 Å². The highest BCUT2D eigenvalue weighted by Crippen LogP contribution is 2.20. The van der Waals surface area contributed by atoms with Gasteiger partial charge < -0.3 is 5.32 Å². The lowest BCUT2D eigenvalue weighted by molar-refractivity contribution is 0.102. The third-order valence-electron chi connectivity index (χ3n) is 4.70. The second kappa shape index (κ2) is 7.86. The Morgan fingerprint density at radius 3 is 2.70 bits per heavy atom. The molecule has 0 bridgehead atoms. The number of carbonyl (C=O) groups is 1.